The standard InChI is InChI=1S/3C28H31N.2C23H25N/c1-26(2)20-13-9-8-12-18(20)19-16-25-23(17-22(19)26)28(5,6)27(3,4)21-14-10-11-15-24(21)29(25)7;1-26(2)20-13-9-8-12-18(20)19-16-17-22-25(24(19)26)29(7)23-15-11-10-14-21(23)27(3,4)28(22,5)6;1-26(2)19-13-9-8-12-18(19)24-21(26)16-17-23-25(24)28(5,6)27(3,4)20-14-10-11-15-22(20)29(23)7;1-22(2)18-12-8-9-13-20(18)24(5)21-15-17-11-7-6-10-16(17)14-19(21)23(22,3)4;1-22(2)18-12-8-9-13-20(18)24(5)21-17-11-7-6-10-16(17)14-15-19(21)23(22,3)4/h3*8-17H,1-7H3;2*6-15H,1-5H3. The molecule has 15 aromatic rings. The maximum absolute atomic E-state index is 2.52. The monoisotopic (exact) mass is 1770 g/mol. The van der Waals surface area contributed by atoms with Crippen LogP contribution in [0.3, 0.4) is 0 Å². The van der Waals surface area contributed by atoms with Crippen molar-refractivity contribution in [1.29, 1.82) is 0 Å². The molecule has 5 nitrogen and oxygen atoms in total. The third kappa shape index (κ3) is 13.1. The molecule has 0 fully saturated rings. The maximum Gasteiger partial charge on any atom is 0.0526 e. The lowest BCUT2D eigenvalue weighted by Crippen LogP contribution is -2.40. The summed E-state index contributed by atoms with van der Waals surface area (Å²) in [6.45, 7) is 62.3. The Bertz CT molecular complexity index is 7240. The average molecular weight is 1780 g/mol. The summed E-state index contributed by atoms with van der Waals surface area (Å²) in [4.78, 5) is 12.1. The van der Waals surface area contributed by atoms with Gasteiger partial charge in [0.2, 0.25) is 0 Å². The second-order valence-corrected chi connectivity index (χ2v) is 47.2. The first-order valence-electron chi connectivity index (χ1n) is 49.5. The molecule has 0 aromatic heterocycles. The Labute approximate surface area is 808 Å². The molecule has 0 spiro atoms. The van der Waals surface area contributed by atoms with Crippen LogP contribution in [0.5, 0.6) is 0 Å². The van der Waals surface area contributed by atoms with Crippen LogP contribution in [0.25, 0.3) is 54.9 Å². The third-order valence-corrected chi connectivity index (χ3v) is 37.5. The Morgan fingerprint density at radius 3 is 0.933 bits per heavy atom. The van der Waals surface area contributed by atoms with Crippen molar-refractivity contribution < 1.29 is 0 Å². The van der Waals surface area contributed by atoms with Gasteiger partial charge < -0.3 is 24.5 Å². The zero-order valence-electron chi connectivity index (χ0n) is 86.6. The first-order chi connectivity index (χ1) is 63.5. The van der Waals surface area contributed by atoms with Gasteiger partial charge in [-0.3, -0.25) is 0 Å². The fraction of sp³-hybridized carbons (Fsp3) is 0.338. The molecule has 688 valence electrons. The van der Waals surface area contributed by atoms with Gasteiger partial charge in [-0.1, -0.05) is 429 Å². The molecule has 0 saturated carbocycles. The summed E-state index contributed by atoms with van der Waals surface area (Å²) >= 11 is 0. The Hall–Kier alpha value is -12.2. The van der Waals surface area contributed by atoms with Crippen molar-refractivity contribution >= 4 is 78.4 Å². The molecule has 8 aliphatic rings. The van der Waals surface area contributed by atoms with Gasteiger partial charge in [-0.05, 0) is 193 Å². The first kappa shape index (κ1) is 91.9. The van der Waals surface area contributed by atoms with Gasteiger partial charge in [0.15, 0.2) is 0 Å². The number of fused-ring (bicyclic) bond motifs is 24. The SMILES string of the molecule is CN1c2ccccc2C(C)(C)C(C)(C)c2c1ccc1c2-c2ccccc2C1(C)C.CN1c2ccccc2C(C)(C)C(C)(C)c2cc3c(cc21)-c1ccccc1C3(C)C.CN1c2ccccc2C(C)(C)C(C)(C)c2cc3ccccc3cc21.CN1c2ccccc2C(C)(C)C(C)(C)c2ccc3c(c21)C(C)(C)c1ccccc1-3.CN1c2ccccc2C(C)(C)C(C)(C)c2ccc3ccccc3c21. The van der Waals surface area contributed by atoms with Crippen molar-refractivity contribution in [3.05, 3.63) is 392 Å². The Kier molecular flexibility index (Phi) is 21.2. The van der Waals surface area contributed by atoms with Gasteiger partial charge in [-0.25, -0.2) is 0 Å². The predicted octanol–water partition coefficient (Wildman–Crippen LogP) is 34.3. The molecule has 135 heavy (non-hydrogen) atoms. The highest BCUT2D eigenvalue weighted by Crippen LogP contribution is 2.66. The van der Waals surface area contributed by atoms with Gasteiger partial charge in [0.1, 0.15) is 0 Å². The summed E-state index contributed by atoms with van der Waals surface area (Å²) in [6, 6.07) is 113. The molecule has 0 unspecified atom stereocenters. The molecule has 0 radical (unpaired) electrons. The highest BCUT2D eigenvalue weighted by atomic mass is 15.1. The van der Waals surface area contributed by atoms with Crippen molar-refractivity contribution in [1.82, 2.24) is 0 Å². The van der Waals surface area contributed by atoms with E-state index in [1.165, 1.54) is 201 Å². The van der Waals surface area contributed by atoms with E-state index in [0.29, 0.717) is 0 Å². The summed E-state index contributed by atoms with van der Waals surface area (Å²) in [6.07, 6.45) is 0. The van der Waals surface area contributed by atoms with Crippen molar-refractivity contribution in [3.8, 4) is 33.4 Å². The Morgan fingerprint density at radius 2 is 0.459 bits per heavy atom. The lowest BCUT2D eigenvalue weighted by atomic mass is 9.59. The lowest BCUT2D eigenvalue weighted by Gasteiger charge is -2.43. The maximum atomic E-state index is 2.52. The van der Waals surface area contributed by atoms with Crippen LogP contribution in [0.1, 0.15) is 269 Å². The van der Waals surface area contributed by atoms with E-state index < -0.39 is 0 Å². The van der Waals surface area contributed by atoms with Crippen LogP contribution in [0.4, 0.5) is 56.9 Å². The fourth-order valence-electron chi connectivity index (χ4n) is 25.5. The topological polar surface area (TPSA) is 16.2 Å². The molecule has 0 N–H and O–H groups in total. The minimum Gasteiger partial charge on any atom is -0.344 e. The zero-order valence-corrected chi connectivity index (χ0v) is 86.6. The Balaban J connectivity index is 0.000000109. The molecule has 3 aliphatic carbocycles. The van der Waals surface area contributed by atoms with Crippen LogP contribution in [-0.4, -0.2) is 35.2 Å². The van der Waals surface area contributed by atoms with Crippen molar-refractivity contribution in [2.45, 2.75) is 250 Å². The minimum absolute atomic E-state index is 0.00688. The quantitative estimate of drug-likeness (QED) is 0.150. The van der Waals surface area contributed by atoms with E-state index in [1.54, 1.807) is 0 Å². The van der Waals surface area contributed by atoms with E-state index in [4.69, 9.17) is 0 Å². The second kappa shape index (κ2) is 31.2. The van der Waals surface area contributed by atoms with Crippen LogP contribution in [-0.2, 0) is 70.4 Å². The third-order valence-electron chi connectivity index (χ3n) is 37.5. The number of anilines is 10. The fourth-order valence-corrected chi connectivity index (χ4v) is 25.5. The van der Waals surface area contributed by atoms with E-state index in [1.807, 2.05) is 0 Å². The van der Waals surface area contributed by atoms with Crippen LogP contribution in [0, 0.1) is 0 Å². The highest BCUT2D eigenvalue weighted by molar-refractivity contribution is 6.01. The van der Waals surface area contributed by atoms with E-state index in [0.717, 1.165) is 0 Å². The second-order valence-electron chi connectivity index (χ2n) is 47.2. The molecule has 5 heteroatoms. The van der Waals surface area contributed by atoms with Crippen LogP contribution in [0.2, 0.25) is 0 Å². The molecule has 15 aromatic carbocycles. The summed E-state index contributed by atoms with van der Waals surface area (Å²) in [5.41, 5.74) is 44.8. The first-order valence-corrected chi connectivity index (χ1v) is 49.5. The summed E-state index contributed by atoms with van der Waals surface area (Å²) in [5.74, 6) is 0. The molecular weight excluding hydrogens is 1630 g/mol. The molecule has 0 saturated heterocycles. The van der Waals surface area contributed by atoms with Gasteiger partial charge in [0.25, 0.3) is 0 Å². The normalized spacial score (nSPS) is 19.0. The van der Waals surface area contributed by atoms with E-state index in [9.17, 15) is 0 Å². The smallest absolute Gasteiger partial charge is 0.0526 e. The molecule has 0 amide bonds. The van der Waals surface area contributed by atoms with E-state index >= 15 is 0 Å². The highest BCUT2D eigenvalue weighted by Gasteiger charge is 2.55. The van der Waals surface area contributed by atoms with Crippen molar-refractivity contribution in [2.24, 2.45) is 0 Å². The predicted molar refractivity (Wildman–Crippen MR) is 583 cm³/mol. The van der Waals surface area contributed by atoms with Crippen molar-refractivity contribution in [2.75, 3.05) is 59.7 Å². The van der Waals surface area contributed by atoms with E-state index in [2.05, 4.69) is 543 Å². The molecule has 0 bridgehead atoms. The van der Waals surface area contributed by atoms with Gasteiger partial charge in [-0.15, -0.1) is 0 Å². The number of rotatable bonds is 0. The number of benzene rings is 15. The molecule has 0 atom stereocenters. The minimum atomic E-state index is -0.0396. The van der Waals surface area contributed by atoms with Crippen LogP contribution >= 0.6 is 0 Å². The number of hydrogen-bond donors (Lipinski definition) is 0. The van der Waals surface area contributed by atoms with Gasteiger partial charge in [-0.2, -0.15) is 0 Å². The largest absolute Gasteiger partial charge is 0.344 e. The summed E-state index contributed by atoms with van der Waals surface area (Å²) < 4.78 is 0. The average Bonchev–Trinajstić information content (AvgIpc) is 1.54. The van der Waals surface area contributed by atoms with E-state index in [-0.39, 0.29) is 70.4 Å². The molecule has 5 heterocycles. The Morgan fingerprint density at radius 1 is 0.156 bits per heavy atom. The van der Waals surface area contributed by atoms with Crippen LogP contribution < -0.4 is 24.5 Å². The van der Waals surface area contributed by atoms with Gasteiger partial charge in [0, 0.05) is 162 Å². The van der Waals surface area contributed by atoms with Gasteiger partial charge in [0.05, 0.1) is 5.69 Å². The number of nitrogens with zero attached hydrogens (tertiary/aromatic N) is 5. The summed E-state index contributed by atoms with van der Waals surface area (Å²) in [5, 5.41) is 5.25. The van der Waals surface area contributed by atoms with Crippen LogP contribution in [0.15, 0.2) is 303 Å². The molecular formula is C130H143N5. The number of hydrogen-bond acceptors (Lipinski definition) is 5. The molecule has 23 rings (SSSR count). The zero-order chi connectivity index (χ0) is 96.5. The van der Waals surface area contributed by atoms with Crippen molar-refractivity contribution in [3.63, 3.8) is 0 Å². The summed E-state index contributed by atoms with van der Waals surface area (Å²) in [7, 11) is 11.1. The molecule has 5 aliphatic heterocycles. The van der Waals surface area contributed by atoms with Gasteiger partial charge >= 0.3 is 0 Å². The lowest BCUT2D eigenvalue weighted by molar-refractivity contribution is 0.306. The number of para-hydroxylation sites is 5.